The van der Waals surface area contributed by atoms with Crippen molar-refractivity contribution >= 4 is 27.3 Å². The zero-order chi connectivity index (χ0) is 12.0. The Balaban J connectivity index is 2.73. The number of benzene rings is 1. The summed E-state index contributed by atoms with van der Waals surface area (Å²) in [7, 11) is -3.36. The summed E-state index contributed by atoms with van der Waals surface area (Å²) in [6.07, 6.45) is 0.314. The number of anilines is 1. The highest BCUT2D eigenvalue weighted by Crippen LogP contribution is 2.11. The van der Waals surface area contributed by atoms with Crippen molar-refractivity contribution in [2.45, 2.75) is 6.42 Å². The maximum absolute atomic E-state index is 11.4. The molecule has 0 amide bonds. The summed E-state index contributed by atoms with van der Waals surface area (Å²) in [6.45, 7) is 0. The smallest absolute Gasteiger partial charge is 0.233 e. The highest BCUT2D eigenvalue weighted by Gasteiger charge is 2.08. The normalized spacial score (nSPS) is 10.8. The first-order valence-corrected chi connectivity index (χ1v) is 6.78. The van der Waals surface area contributed by atoms with Crippen molar-refractivity contribution < 1.29 is 8.42 Å². The largest absolute Gasteiger partial charge is 0.284 e. The van der Waals surface area contributed by atoms with Crippen LogP contribution in [0.15, 0.2) is 24.3 Å². The number of sulfonamides is 1. The van der Waals surface area contributed by atoms with Crippen molar-refractivity contribution in [3.8, 4) is 6.07 Å². The second-order valence-electron chi connectivity index (χ2n) is 3.14. The molecule has 0 unspecified atom stereocenters. The van der Waals surface area contributed by atoms with E-state index in [0.29, 0.717) is 12.1 Å². The monoisotopic (exact) mass is 258 g/mol. The molecule has 6 heteroatoms. The maximum Gasteiger partial charge on any atom is 0.233 e. The summed E-state index contributed by atoms with van der Waals surface area (Å²) in [5.41, 5.74) is 1.33. The van der Waals surface area contributed by atoms with Crippen molar-refractivity contribution in [1.29, 1.82) is 5.26 Å². The fourth-order valence-corrected chi connectivity index (χ4v) is 2.52. The third-order valence-electron chi connectivity index (χ3n) is 1.86. The topological polar surface area (TPSA) is 70.0 Å². The molecule has 0 spiro atoms. The van der Waals surface area contributed by atoms with Crippen molar-refractivity contribution in [2.24, 2.45) is 0 Å². The summed E-state index contributed by atoms with van der Waals surface area (Å²) < 4.78 is 25.1. The van der Waals surface area contributed by atoms with Crippen molar-refractivity contribution in [3.63, 3.8) is 0 Å². The highest BCUT2D eigenvalue weighted by atomic mass is 35.5. The van der Waals surface area contributed by atoms with Crippen LogP contribution in [0.5, 0.6) is 0 Å². The lowest BCUT2D eigenvalue weighted by atomic mass is 10.1. The number of nitriles is 1. The van der Waals surface area contributed by atoms with Crippen LogP contribution in [0.3, 0.4) is 0 Å². The van der Waals surface area contributed by atoms with Gasteiger partial charge in [-0.25, -0.2) is 8.42 Å². The van der Waals surface area contributed by atoms with Gasteiger partial charge in [0.15, 0.2) is 0 Å². The third kappa shape index (κ3) is 4.09. The van der Waals surface area contributed by atoms with Crippen LogP contribution in [0, 0.1) is 11.3 Å². The minimum absolute atomic E-state index is 0.0574. The Bertz CT molecular complexity index is 477. The summed E-state index contributed by atoms with van der Waals surface area (Å²) in [5.74, 6) is -0.0592. The molecular formula is C10H11ClN2O2S. The summed E-state index contributed by atoms with van der Waals surface area (Å²) in [5, 5.41) is 8.47. The summed E-state index contributed by atoms with van der Waals surface area (Å²) >= 11 is 5.36. The van der Waals surface area contributed by atoms with E-state index in [9.17, 15) is 8.42 Å². The number of nitrogens with one attached hydrogen (secondary N) is 1. The van der Waals surface area contributed by atoms with Crippen LogP contribution in [-0.4, -0.2) is 20.1 Å². The quantitative estimate of drug-likeness (QED) is 0.818. The Labute approximate surface area is 99.9 Å². The van der Waals surface area contributed by atoms with Gasteiger partial charge in [-0.3, -0.25) is 4.72 Å². The van der Waals surface area contributed by atoms with Crippen molar-refractivity contribution in [1.82, 2.24) is 0 Å². The molecule has 0 radical (unpaired) electrons. The van der Waals surface area contributed by atoms with E-state index in [1.165, 1.54) is 0 Å². The molecule has 0 heterocycles. The minimum Gasteiger partial charge on any atom is -0.284 e. The van der Waals surface area contributed by atoms with Gasteiger partial charge in [0, 0.05) is 11.6 Å². The van der Waals surface area contributed by atoms with Crippen LogP contribution in [-0.2, 0) is 16.4 Å². The third-order valence-corrected chi connectivity index (χ3v) is 3.56. The van der Waals surface area contributed by atoms with Crippen molar-refractivity contribution in [3.05, 3.63) is 29.8 Å². The van der Waals surface area contributed by atoms with Crippen LogP contribution in [0.1, 0.15) is 5.56 Å². The van der Waals surface area contributed by atoms with Gasteiger partial charge in [0.2, 0.25) is 10.0 Å². The van der Waals surface area contributed by atoms with E-state index in [4.69, 9.17) is 16.9 Å². The second-order valence-corrected chi connectivity index (χ2v) is 5.36. The average molecular weight is 259 g/mol. The summed E-state index contributed by atoms with van der Waals surface area (Å²) in [4.78, 5) is 0. The Morgan fingerprint density at radius 3 is 2.44 bits per heavy atom. The first-order valence-electron chi connectivity index (χ1n) is 4.60. The lowest BCUT2D eigenvalue weighted by molar-refractivity contribution is 0.602. The predicted octanol–water partition coefficient (Wildman–Crippen LogP) is 1.73. The van der Waals surface area contributed by atoms with Gasteiger partial charge >= 0.3 is 0 Å². The van der Waals surface area contributed by atoms with Crippen LogP contribution in [0.2, 0.25) is 0 Å². The van der Waals surface area contributed by atoms with Gasteiger partial charge in [0.05, 0.1) is 18.2 Å². The molecule has 0 fully saturated rings. The number of hydrogen-bond acceptors (Lipinski definition) is 3. The lowest BCUT2D eigenvalue weighted by Crippen LogP contribution is -2.17. The van der Waals surface area contributed by atoms with Crippen LogP contribution in [0.4, 0.5) is 5.69 Å². The van der Waals surface area contributed by atoms with Gasteiger partial charge < -0.3 is 0 Å². The molecule has 0 aliphatic rings. The molecule has 0 saturated heterocycles. The number of hydrogen-bond donors (Lipinski definition) is 1. The van der Waals surface area contributed by atoms with E-state index in [2.05, 4.69) is 4.72 Å². The molecule has 0 saturated carbocycles. The Morgan fingerprint density at radius 1 is 1.31 bits per heavy atom. The molecule has 16 heavy (non-hydrogen) atoms. The molecule has 1 N–H and O–H groups in total. The van der Waals surface area contributed by atoms with Gasteiger partial charge in [-0.1, -0.05) is 12.1 Å². The van der Waals surface area contributed by atoms with Crippen LogP contribution in [0.25, 0.3) is 0 Å². The molecule has 1 aromatic rings. The zero-order valence-electron chi connectivity index (χ0n) is 8.48. The molecule has 86 valence electrons. The second kappa shape index (κ2) is 5.73. The Morgan fingerprint density at radius 2 is 1.94 bits per heavy atom. The van der Waals surface area contributed by atoms with E-state index in [0.717, 1.165) is 5.56 Å². The molecule has 4 nitrogen and oxygen atoms in total. The molecule has 0 aromatic heterocycles. The van der Waals surface area contributed by atoms with E-state index in [1.807, 2.05) is 6.07 Å². The van der Waals surface area contributed by atoms with Gasteiger partial charge in [-0.05, 0) is 17.7 Å². The van der Waals surface area contributed by atoms with E-state index in [1.54, 1.807) is 24.3 Å². The van der Waals surface area contributed by atoms with E-state index < -0.39 is 10.0 Å². The molecule has 1 rings (SSSR count). The lowest BCUT2D eigenvalue weighted by Gasteiger charge is -2.06. The standard InChI is InChI=1S/C10H11ClN2O2S/c11-6-8-16(14,15)13-10-3-1-9(2-4-10)5-7-12/h1-4,13H,5-6,8H2. The van der Waals surface area contributed by atoms with Crippen LogP contribution < -0.4 is 4.72 Å². The summed E-state index contributed by atoms with van der Waals surface area (Å²) in [6, 6.07) is 8.68. The molecule has 0 aliphatic carbocycles. The molecule has 1 aromatic carbocycles. The molecule has 0 atom stereocenters. The fraction of sp³-hybridized carbons (Fsp3) is 0.300. The van der Waals surface area contributed by atoms with E-state index >= 15 is 0 Å². The van der Waals surface area contributed by atoms with Gasteiger partial charge in [-0.2, -0.15) is 5.26 Å². The number of alkyl halides is 1. The predicted molar refractivity (Wildman–Crippen MR) is 63.9 cm³/mol. The molecule has 0 aliphatic heterocycles. The number of nitrogens with zero attached hydrogens (tertiary/aromatic N) is 1. The minimum atomic E-state index is -3.36. The van der Waals surface area contributed by atoms with Gasteiger partial charge in [0.1, 0.15) is 0 Å². The average Bonchev–Trinajstić information content (AvgIpc) is 2.21. The van der Waals surface area contributed by atoms with E-state index in [-0.39, 0.29) is 11.6 Å². The van der Waals surface area contributed by atoms with Crippen molar-refractivity contribution in [2.75, 3.05) is 16.4 Å². The Hall–Kier alpha value is -1.25. The van der Waals surface area contributed by atoms with Gasteiger partial charge in [-0.15, -0.1) is 11.6 Å². The number of halogens is 1. The van der Waals surface area contributed by atoms with Crippen LogP contribution >= 0.6 is 11.6 Å². The highest BCUT2D eigenvalue weighted by molar-refractivity contribution is 7.92. The molecular weight excluding hydrogens is 248 g/mol. The number of rotatable bonds is 5. The SMILES string of the molecule is N#CCc1ccc(NS(=O)(=O)CCCl)cc1. The Kier molecular flexibility index (Phi) is 4.59. The first kappa shape index (κ1) is 12.8. The van der Waals surface area contributed by atoms with Gasteiger partial charge in [0.25, 0.3) is 0 Å². The zero-order valence-corrected chi connectivity index (χ0v) is 10.1. The maximum atomic E-state index is 11.4. The molecule has 0 bridgehead atoms. The fourth-order valence-electron chi connectivity index (χ4n) is 1.11. The first-order chi connectivity index (χ1) is 7.57.